The number of hydrogen-bond acceptors (Lipinski definition) is 1. The monoisotopic (exact) mass is 476 g/mol. The highest BCUT2D eigenvalue weighted by Gasteiger charge is 2.36. The molecule has 2 aliphatic rings. The van der Waals surface area contributed by atoms with Gasteiger partial charge in [-0.25, -0.2) is 4.79 Å². The summed E-state index contributed by atoms with van der Waals surface area (Å²) in [5.41, 5.74) is 5.22. The van der Waals surface area contributed by atoms with Crippen LogP contribution in [-0.2, 0) is 0 Å². The van der Waals surface area contributed by atoms with Crippen molar-refractivity contribution in [2.45, 2.75) is 64.5 Å². The molecule has 2 aliphatic heterocycles. The Labute approximate surface area is 214 Å². The molecule has 3 nitrogen and oxygen atoms in total. The van der Waals surface area contributed by atoms with E-state index in [0.717, 1.165) is 38.8 Å². The second-order valence-electron chi connectivity index (χ2n) is 10.7. The van der Waals surface area contributed by atoms with Crippen LogP contribution in [-0.4, -0.2) is 28.9 Å². The van der Waals surface area contributed by atoms with Crippen molar-refractivity contribution in [1.29, 1.82) is 0 Å². The van der Waals surface area contributed by atoms with Gasteiger partial charge in [0.25, 0.3) is 0 Å². The number of likely N-dealkylation sites (tertiary alicyclic amines) is 2. The standard InChI is InChI=1S/C33H36N2O/c1-23-11-7-13-25-15-9-17-27(31(23)25)29-19-3-5-21-34(29)33(36)35-22-6-4-20-30(35)28-18-10-16-26-14-8-12-24(2)32(26)28/h7-18,29-30H,3-6,19-22H2,1-2H3. The largest absolute Gasteiger partial charge is 0.321 e. The molecule has 0 aromatic heterocycles. The lowest BCUT2D eigenvalue weighted by atomic mass is 9.88. The summed E-state index contributed by atoms with van der Waals surface area (Å²) in [7, 11) is 0. The Morgan fingerprint density at radius 3 is 1.47 bits per heavy atom. The number of piperidine rings is 2. The topological polar surface area (TPSA) is 23.6 Å². The van der Waals surface area contributed by atoms with Gasteiger partial charge in [0.05, 0.1) is 12.1 Å². The van der Waals surface area contributed by atoms with Crippen molar-refractivity contribution < 1.29 is 4.79 Å². The van der Waals surface area contributed by atoms with Gasteiger partial charge in [-0.3, -0.25) is 0 Å². The fraction of sp³-hybridized carbons (Fsp3) is 0.364. The number of urea groups is 1. The van der Waals surface area contributed by atoms with E-state index < -0.39 is 0 Å². The molecule has 0 spiro atoms. The first kappa shape index (κ1) is 23.1. The first-order valence-electron chi connectivity index (χ1n) is 13.7. The minimum atomic E-state index is 0.132. The Bertz CT molecular complexity index is 1310. The molecule has 6 rings (SSSR count). The maximum Gasteiger partial charge on any atom is 0.321 e. The van der Waals surface area contributed by atoms with Crippen LogP contribution in [0.2, 0.25) is 0 Å². The number of carbonyl (C=O) groups excluding carboxylic acids is 1. The van der Waals surface area contributed by atoms with Crippen molar-refractivity contribution in [3.63, 3.8) is 0 Å². The van der Waals surface area contributed by atoms with Crippen LogP contribution in [0, 0.1) is 13.8 Å². The van der Waals surface area contributed by atoms with Crippen LogP contribution in [0.4, 0.5) is 4.79 Å². The van der Waals surface area contributed by atoms with E-state index in [-0.39, 0.29) is 18.1 Å². The van der Waals surface area contributed by atoms with Crippen molar-refractivity contribution in [1.82, 2.24) is 9.80 Å². The number of benzene rings is 4. The van der Waals surface area contributed by atoms with Crippen molar-refractivity contribution >= 4 is 27.6 Å². The molecule has 3 heteroatoms. The van der Waals surface area contributed by atoms with Gasteiger partial charge >= 0.3 is 6.03 Å². The van der Waals surface area contributed by atoms with Crippen LogP contribution < -0.4 is 0 Å². The van der Waals surface area contributed by atoms with Crippen LogP contribution in [0.25, 0.3) is 21.5 Å². The SMILES string of the molecule is Cc1cccc2cccc(C3CCCCN3C(=O)N3CCCCC3c3cccc4cccc(C)c34)c12. The van der Waals surface area contributed by atoms with E-state index in [1.54, 1.807) is 0 Å². The molecule has 184 valence electrons. The molecule has 2 unspecified atom stereocenters. The number of fused-ring (bicyclic) bond motifs is 2. The molecular weight excluding hydrogens is 440 g/mol. The number of carbonyl (C=O) groups is 1. The van der Waals surface area contributed by atoms with Gasteiger partial charge in [-0.2, -0.15) is 0 Å². The smallest absolute Gasteiger partial charge is 0.318 e. The highest BCUT2D eigenvalue weighted by Crippen LogP contribution is 2.41. The third-order valence-corrected chi connectivity index (χ3v) is 8.51. The second kappa shape index (κ2) is 9.61. The zero-order valence-electron chi connectivity index (χ0n) is 21.5. The van der Waals surface area contributed by atoms with E-state index in [4.69, 9.17) is 0 Å². The molecule has 2 atom stereocenters. The average molecular weight is 477 g/mol. The molecule has 0 N–H and O–H groups in total. The first-order chi connectivity index (χ1) is 17.6. The van der Waals surface area contributed by atoms with Crippen LogP contribution in [0.5, 0.6) is 0 Å². The molecule has 0 bridgehead atoms. The highest BCUT2D eigenvalue weighted by atomic mass is 16.2. The van der Waals surface area contributed by atoms with E-state index in [9.17, 15) is 4.79 Å². The number of aryl methyl sites for hydroxylation is 2. The summed E-state index contributed by atoms with van der Waals surface area (Å²) < 4.78 is 0. The van der Waals surface area contributed by atoms with Crippen LogP contribution in [0.3, 0.4) is 0 Å². The minimum absolute atomic E-state index is 0.132. The Hall–Kier alpha value is -3.33. The zero-order valence-corrected chi connectivity index (χ0v) is 21.5. The zero-order chi connectivity index (χ0) is 24.6. The Kier molecular flexibility index (Phi) is 6.17. The lowest BCUT2D eigenvalue weighted by Gasteiger charge is -2.44. The van der Waals surface area contributed by atoms with E-state index in [0.29, 0.717) is 0 Å². The molecule has 2 amide bonds. The molecule has 0 aliphatic carbocycles. The number of nitrogens with zero attached hydrogens (tertiary/aromatic N) is 2. The van der Waals surface area contributed by atoms with Gasteiger partial charge in [0.1, 0.15) is 0 Å². The Morgan fingerprint density at radius 2 is 1.03 bits per heavy atom. The second-order valence-corrected chi connectivity index (χ2v) is 10.7. The summed E-state index contributed by atoms with van der Waals surface area (Å²) in [5.74, 6) is 0. The fourth-order valence-electron chi connectivity index (χ4n) is 6.81. The summed E-state index contributed by atoms with van der Waals surface area (Å²) in [6.07, 6.45) is 6.57. The molecule has 36 heavy (non-hydrogen) atoms. The van der Waals surface area contributed by atoms with Gasteiger partial charge in [0, 0.05) is 13.1 Å². The van der Waals surface area contributed by atoms with E-state index in [1.807, 2.05) is 0 Å². The molecule has 0 saturated carbocycles. The van der Waals surface area contributed by atoms with Crippen molar-refractivity contribution in [3.8, 4) is 0 Å². The lowest BCUT2D eigenvalue weighted by Crippen LogP contribution is -2.49. The molecule has 2 saturated heterocycles. The van der Waals surface area contributed by atoms with Gasteiger partial charge in [-0.15, -0.1) is 0 Å². The minimum Gasteiger partial charge on any atom is -0.318 e. The van der Waals surface area contributed by atoms with Crippen LogP contribution >= 0.6 is 0 Å². The molecule has 2 fully saturated rings. The summed E-state index contributed by atoms with van der Waals surface area (Å²) in [4.78, 5) is 18.8. The molecule has 4 aromatic rings. The van der Waals surface area contributed by atoms with E-state index in [1.165, 1.54) is 56.6 Å². The van der Waals surface area contributed by atoms with Gasteiger partial charge < -0.3 is 9.80 Å². The van der Waals surface area contributed by atoms with Crippen LogP contribution in [0.1, 0.15) is 72.9 Å². The summed E-state index contributed by atoms with van der Waals surface area (Å²) in [6, 6.07) is 26.8. The third kappa shape index (κ3) is 3.95. The predicted molar refractivity (Wildman–Crippen MR) is 149 cm³/mol. The molecule has 0 radical (unpaired) electrons. The molecule has 4 aromatic carbocycles. The maximum absolute atomic E-state index is 14.4. The quantitative estimate of drug-likeness (QED) is 0.284. The fourth-order valence-corrected chi connectivity index (χ4v) is 6.81. The van der Waals surface area contributed by atoms with Crippen molar-refractivity contribution in [2.75, 3.05) is 13.1 Å². The van der Waals surface area contributed by atoms with Crippen molar-refractivity contribution in [2.24, 2.45) is 0 Å². The van der Waals surface area contributed by atoms with Crippen molar-refractivity contribution in [3.05, 3.63) is 95.1 Å². The van der Waals surface area contributed by atoms with Crippen LogP contribution in [0.15, 0.2) is 72.8 Å². The normalized spacial score (nSPS) is 20.7. The lowest BCUT2D eigenvalue weighted by molar-refractivity contribution is 0.0880. The Morgan fingerprint density at radius 1 is 0.611 bits per heavy atom. The summed E-state index contributed by atoms with van der Waals surface area (Å²) >= 11 is 0. The van der Waals surface area contributed by atoms with E-state index >= 15 is 0 Å². The third-order valence-electron chi connectivity index (χ3n) is 8.51. The highest BCUT2D eigenvalue weighted by molar-refractivity contribution is 5.91. The summed E-state index contributed by atoms with van der Waals surface area (Å²) in [6.45, 7) is 6.07. The number of hydrogen-bond donors (Lipinski definition) is 0. The Balaban J connectivity index is 1.40. The molecule has 2 heterocycles. The number of amides is 2. The molecular formula is C33H36N2O. The maximum atomic E-state index is 14.4. The number of rotatable bonds is 2. The van der Waals surface area contributed by atoms with Gasteiger partial charge in [0.15, 0.2) is 0 Å². The predicted octanol–water partition coefficient (Wildman–Crippen LogP) is 8.48. The first-order valence-corrected chi connectivity index (χ1v) is 13.7. The average Bonchev–Trinajstić information content (AvgIpc) is 2.92. The van der Waals surface area contributed by atoms with Gasteiger partial charge in [-0.1, -0.05) is 72.8 Å². The summed E-state index contributed by atoms with van der Waals surface area (Å²) in [5, 5.41) is 5.19. The van der Waals surface area contributed by atoms with E-state index in [2.05, 4.69) is 96.4 Å². The van der Waals surface area contributed by atoms with Gasteiger partial charge in [-0.05, 0) is 96.2 Å². The van der Waals surface area contributed by atoms with Gasteiger partial charge in [0.2, 0.25) is 0 Å².